The van der Waals surface area contributed by atoms with Gasteiger partial charge in [-0.3, -0.25) is 10.1 Å². The highest BCUT2D eigenvalue weighted by Crippen LogP contribution is 2.37. The molecule has 4 rings (SSSR count). The Balaban J connectivity index is 1.86. The molecule has 162 valence electrons. The molecule has 0 fully saturated rings. The number of rotatable bonds is 4. The van der Waals surface area contributed by atoms with Gasteiger partial charge in [-0.2, -0.15) is 9.97 Å². The van der Waals surface area contributed by atoms with E-state index in [0.29, 0.717) is 16.5 Å². The fourth-order valence-electron chi connectivity index (χ4n) is 3.56. The largest absolute Gasteiger partial charge is 0.497 e. The maximum atomic E-state index is 12.6. The summed E-state index contributed by atoms with van der Waals surface area (Å²) >= 11 is 6.56. The number of likely N-dealkylation sites (N-methyl/N-ethyl adjacent to an activating group) is 1. The molecule has 2 aromatic heterocycles. The predicted molar refractivity (Wildman–Crippen MR) is 126 cm³/mol. The molecular weight excluding hydrogens is 414 g/mol. The van der Waals surface area contributed by atoms with Crippen molar-refractivity contribution in [2.45, 2.75) is 33.2 Å². The van der Waals surface area contributed by atoms with Crippen molar-refractivity contribution < 1.29 is 9.53 Å². The second-order valence-electron chi connectivity index (χ2n) is 8.67. The number of fused-ring (bicyclic) bond motifs is 3. The number of allylic oxidation sites excluding steroid dienone is 1. The number of nitrogens with zero attached hydrogens (tertiary/aromatic N) is 3. The Labute approximate surface area is 186 Å². The first-order valence-electron chi connectivity index (χ1n) is 10.1. The zero-order valence-corrected chi connectivity index (χ0v) is 19.0. The molecule has 2 heterocycles. The van der Waals surface area contributed by atoms with Crippen LogP contribution in [-0.2, 0) is 9.53 Å². The first-order chi connectivity index (χ1) is 14.7. The van der Waals surface area contributed by atoms with Crippen LogP contribution in [0.4, 0.5) is 11.8 Å². The summed E-state index contributed by atoms with van der Waals surface area (Å²) in [5.74, 6) is 1.63. The van der Waals surface area contributed by atoms with Gasteiger partial charge in [-0.15, -0.1) is 0 Å². The number of amides is 1. The molecule has 2 N–H and O–H groups in total. The number of carbonyl (C=O) groups excluding carboxylic acids is 1. The maximum absolute atomic E-state index is 12.6. The van der Waals surface area contributed by atoms with Gasteiger partial charge in [0.05, 0.1) is 23.6 Å². The Bertz CT molecular complexity index is 1220. The lowest BCUT2D eigenvalue weighted by atomic mass is 9.96. The molecule has 1 aliphatic carbocycles. The molecule has 8 heteroatoms. The second kappa shape index (κ2) is 7.89. The molecule has 1 atom stereocenters. The average Bonchev–Trinajstić information content (AvgIpc) is 3.11. The highest BCUT2D eigenvalue weighted by molar-refractivity contribution is 6.38. The molecule has 0 saturated heterocycles. The quantitative estimate of drug-likeness (QED) is 0.594. The lowest BCUT2D eigenvalue weighted by molar-refractivity contribution is -0.123. The van der Waals surface area contributed by atoms with Crippen molar-refractivity contribution in [3.63, 3.8) is 0 Å². The minimum atomic E-state index is -0.568. The number of halogens is 1. The van der Waals surface area contributed by atoms with E-state index < -0.39 is 5.41 Å². The summed E-state index contributed by atoms with van der Waals surface area (Å²) in [4.78, 5) is 27.3. The highest BCUT2D eigenvalue weighted by Gasteiger charge is 2.26. The third-order valence-corrected chi connectivity index (χ3v) is 5.74. The summed E-state index contributed by atoms with van der Waals surface area (Å²) in [7, 11) is 3.64. The molecule has 7 nitrogen and oxygen atoms in total. The fourth-order valence-corrected chi connectivity index (χ4v) is 3.83. The van der Waals surface area contributed by atoms with Crippen LogP contribution in [0.25, 0.3) is 21.9 Å². The number of aromatic nitrogens is 3. The number of nitrogens with one attached hydrogen (secondary N) is 2. The normalized spacial score (nSPS) is 16.5. The van der Waals surface area contributed by atoms with Crippen molar-refractivity contribution in [1.82, 2.24) is 15.0 Å². The lowest BCUT2D eigenvalue weighted by Gasteiger charge is -2.29. The van der Waals surface area contributed by atoms with Gasteiger partial charge in [-0.25, -0.2) is 0 Å². The van der Waals surface area contributed by atoms with Crippen LogP contribution in [0.2, 0.25) is 5.02 Å². The molecule has 31 heavy (non-hydrogen) atoms. The van der Waals surface area contributed by atoms with E-state index in [1.165, 1.54) is 0 Å². The number of methoxy groups -OCH3 is 1. The topological polar surface area (TPSA) is 83.1 Å². The maximum Gasteiger partial charge on any atom is 0.233 e. The number of hydrogen-bond donors (Lipinski definition) is 2. The van der Waals surface area contributed by atoms with Crippen molar-refractivity contribution in [2.24, 2.45) is 5.41 Å². The lowest BCUT2D eigenvalue weighted by Crippen LogP contribution is -2.32. The van der Waals surface area contributed by atoms with Crippen molar-refractivity contribution in [3.8, 4) is 0 Å². The number of hydrogen-bond acceptors (Lipinski definition) is 5. The van der Waals surface area contributed by atoms with E-state index in [9.17, 15) is 4.79 Å². The average molecular weight is 440 g/mol. The summed E-state index contributed by atoms with van der Waals surface area (Å²) in [6.07, 6.45) is 6.84. The zero-order valence-electron chi connectivity index (χ0n) is 18.3. The predicted octanol–water partition coefficient (Wildman–Crippen LogP) is 5.04. The van der Waals surface area contributed by atoms with E-state index >= 15 is 0 Å². The summed E-state index contributed by atoms with van der Waals surface area (Å²) in [6.45, 7) is 5.55. The smallest absolute Gasteiger partial charge is 0.233 e. The molecule has 0 saturated carbocycles. The first-order valence-corrected chi connectivity index (χ1v) is 10.5. The number of ether oxygens (including phenoxy) is 1. The first kappa shape index (κ1) is 21.2. The summed E-state index contributed by atoms with van der Waals surface area (Å²) in [5, 5.41) is 5.17. The standard InChI is InChI=1S/C23H26ClN5O2/c1-23(2,3)21(30)28-22-26-19-18(17-15(24)7-6-8-16(17)25-19)20(27-22)29(4)13-9-11-14(31-5)12-10-13/h6-9,11-13H,10H2,1-5H3,(H2,25,26,27,28,30). The van der Waals surface area contributed by atoms with Crippen molar-refractivity contribution in [3.05, 3.63) is 47.2 Å². The Morgan fingerprint density at radius 2 is 2.06 bits per heavy atom. The Morgan fingerprint density at radius 1 is 1.29 bits per heavy atom. The van der Waals surface area contributed by atoms with Crippen molar-refractivity contribution in [1.29, 1.82) is 0 Å². The number of aromatic amines is 1. The zero-order chi connectivity index (χ0) is 22.3. The molecule has 1 unspecified atom stereocenters. The summed E-state index contributed by atoms with van der Waals surface area (Å²) in [5.41, 5.74) is 0.922. The van der Waals surface area contributed by atoms with Gasteiger partial charge in [0.1, 0.15) is 17.2 Å². The Kier molecular flexibility index (Phi) is 5.39. The number of H-pyrrole nitrogens is 1. The van der Waals surface area contributed by atoms with E-state index in [4.69, 9.17) is 21.3 Å². The fraction of sp³-hybridized carbons (Fsp3) is 0.348. The van der Waals surface area contributed by atoms with Gasteiger partial charge in [-0.1, -0.05) is 44.5 Å². The van der Waals surface area contributed by atoms with Crippen LogP contribution in [0.1, 0.15) is 27.2 Å². The van der Waals surface area contributed by atoms with Crippen LogP contribution >= 0.6 is 11.6 Å². The molecule has 0 bridgehead atoms. The van der Waals surface area contributed by atoms with Crippen LogP contribution in [0.5, 0.6) is 0 Å². The van der Waals surface area contributed by atoms with Gasteiger partial charge in [0.15, 0.2) is 0 Å². The molecular formula is C23H26ClN5O2. The molecule has 3 aromatic rings. The van der Waals surface area contributed by atoms with Gasteiger partial charge in [0, 0.05) is 23.4 Å². The molecule has 0 spiro atoms. The molecule has 1 aromatic carbocycles. The summed E-state index contributed by atoms with van der Waals surface area (Å²) in [6, 6.07) is 5.76. The SMILES string of the molecule is COC1=CCC(N(C)c2nc(NC(=O)C(C)(C)C)nc3[nH]c4cccc(Cl)c4c23)C=C1. The second-order valence-corrected chi connectivity index (χ2v) is 9.08. The number of carbonyl (C=O) groups is 1. The van der Waals surface area contributed by atoms with Gasteiger partial charge in [0.25, 0.3) is 0 Å². The van der Waals surface area contributed by atoms with E-state index in [1.54, 1.807) is 7.11 Å². The van der Waals surface area contributed by atoms with E-state index in [-0.39, 0.29) is 17.9 Å². The third kappa shape index (κ3) is 3.97. The van der Waals surface area contributed by atoms with Crippen LogP contribution in [0.15, 0.2) is 42.2 Å². The number of anilines is 2. The van der Waals surface area contributed by atoms with E-state index in [1.807, 2.05) is 58.2 Å². The van der Waals surface area contributed by atoms with Gasteiger partial charge >= 0.3 is 0 Å². The van der Waals surface area contributed by atoms with E-state index in [0.717, 1.165) is 28.5 Å². The monoisotopic (exact) mass is 439 g/mol. The van der Waals surface area contributed by atoms with Crippen molar-refractivity contribution in [2.75, 3.05) is 24.4 Å². The third-order valence-electron chi connectivity index (χ3n) is 5.42. The Hall–Kier alpha value is -3.06. The molecule has 0 radical (unpaired) electrons. The van der Waals surface area contributed by atoms with Crippen LogP contribution < -0.4 is 10.2 Å². The Morgan fingerprint density at radius 3 is 2.71 bits per heavy atom. The minimum absolute atomic E-state index is 0.0654. The summed E-state index contributed by atoms with van der Waals surface area (Å²) < 4.78 is 5.31. The van der Waals surface area contributed by atoms with Crippen LogP contribution in [-0.4, -0.2) is 41.1 Å². The molecule has 0 aliphatic heterocycles. The van der Waals surface area contributed by atoms with Crippen LogP contribution in [0, 0.1) is 5.41 Å². The molecule has 1 aliphatic rings. The minimum Gasteiger partial charge on any atom is -0.497 e. The molecule has 1 amide bonds. The highest BCUT2D eigenvalue weighted by atomic mass is 35.5. The van der Waals surface area contributed by atoms with Crippen LogP contribution in [0.3, 0.4) is 0 Å². The van der Waals surface area contributed by atoms with Gasteiger partial charge in [0.2, 0.25) is 11.9 Å². The van der Waals surface area contributed by atoms with Gasteiger partial charge in [-0.05, 0) is 30.7 Å². The van der Waals surface area contributed by atoms with Gasteiger partial charge < -0.3 is 14.6 Å². The van der Waals surface area contributed by atoms with E-state index in [2.05, 4.69) is 26.3 Å². The number of benzene rings is 1. The van der Waals surface area contributed by atoms with Crippen molar-refractivity contribution >= 4 is 51.2 Å².